The molecule has 0 aliphatic carbocycles. The van der Waals surface area contributed by atoms with Crippen molar-refractivity contribution in [2.24, 2.45) is 0 Å². The molecular weight excluding hydrogens is 310 g/mol. The molecule has 1 aromatic carbocycles. The summed E-state index contributed by atoms with van der Waals surface area (Å²) in [6.07, 6.45) is 0. The molecular formula is C17H27N3O2S. The van der Waals surface area contributed by atoms with Gasteiger partial charge in [0.05, 0.1) is 11.3 Å². The molecule has 1 rings (SSSR count). The normalized spacial score (nSPS) is 12.0. The third-order valence-electron chi connectivity index (χ3n) is 3.06. The van der Waals surface area contributed by atoms with Crippen LogP contribution < -0.4 is 16.0 Å². The molecule has 128 valence electrons. The van der Waals surface area contributed by atoms with E-state index >= 15 is 0 Å². The summed E-state index contributed by atoms with van der Waals surface area (Å²) in [5.74, 6) is 0.166. The summed E-state index contributed by atoms with van der Waals surface area (Å²) in [5, 5.41) is 9.03. The van der Waals surface area contributed by atoms with Gasteiger partial charge in [-0.2, -0.15) is 0 Å². The van der Waals surface area contributed by atoms with Crippen LogP contribution >= 0.6 is 11.8 Å². The standard InChI is InChI=1S/C17H27N3O2S/c1-5-18-13(4)10-19-17(22)14-8-6-7-9-15(14)23-11-16(21)20-12(2)3/h6-9,12-13,18H,5,10-11H2,1-4H3,(H,19,22)(H,20,21)/t13-/m1/s1. The first kappa shape index (κ1) is 19.5. The van der Waals surface area contributed by atoms with Gasteiger partial charge in [-0.1, -0.05) is 19.1 Å². The molecule has 0 bridgehead atoms. The minimum absolute atomic E-state index is 0.0269. The van der Waals surface area contributed by atoms with Crippen LogP contribution in [0.25, 0.3) is 0 Å². The number of nitrogens with one attached hydrogen (secondary N) is 3. The molecule has 3 N–H and O–H groups in total. The Labute approximate surface area is 143 Å². The quantitative estimate of drug-likeness (QED) is 0.603. The lowest BCUT2D eigenvalue weighted by Gasteiger charge is -2.14. The molecule has 6 heteroatoms. The molecule has 0 aromatic heterocycles. The summed E-state index contributed by atoms with van der Waals surface area (Å²) in [6, 6.07) is 7.71. The molecule has 1 aromatic rings. The van der Waals surface area contributed by atoms with Gasteiger partial charge in [-0.25, -0.2) is 0 Å². The largest absolute Gasteiger partial charge is 0.353 e. The van der Waals surface area contributed by atoms with Crippen LogP contribution in [-0.4, -0.2) is 42.7 Å². The summed E-state index contributed by atoms with van der Waals surface area (Å²) in [6.45, 7) is 9.35. The summed E-state index contributed by atoms with van der Waals surface area (Å²) in [4.78, 5) is 24.9. The van der Waals surface area contributed by atoms with Crippen LogP contribution in [0.4, 0.5) is 0 Å². The fraction of sp³-hybridized carbons (Fsp3) is 0.529. The number of hydrogen-bond donors (Lipinski definition) is 3. The van der Waals surface area contributed by atoms with Crippen molar-refractivity contribution < 1.29 is 9.59 Å². The Hall–Kier alpha value is -1.53. The van der Waals surface area contributed by atoms with E-state index in [1.165, 1.54) is 11.8 Å². The second-order valence-electron chi connectivity index (χ2n) is 5.68. The SMILES string of the molecule is CCN[C@H](C)CNC(=O)c1ccccc1SCC(=O)NC(C)C. The van der Waals surface area contributed by atoms with Crippen molar-refractivity contribution in [3.63, 3.8) is 0 Å². The summed E-state index contributed by atoms with van der Waals surface area (Å²) in [7, 11) is 0. The summed E-state index contributed by atoms with van der Waals surface area (Å²) in [5.41, 5.74) is 0.610. The number of carbonyl (C=O) groups excluding carboxylic acids is 2. The van der Waals surface area contributed by atoms with Crippen LogP contribution in [0.3, 0.4) is 0 Å². The molecule has 0 saturated heterocycles. The van der Waals surface area contributed by atoms with Crippen molar-refractivity contribution in [1.82, 2.24) is 16.0 Å². The first-order valence-corrected chi connectivity index (χ1v) is 8.95. The smallest absolute Gasteiger partial charge is 0.252 e. The molecule has 23 heavy (non-hydrogen) atoms. The minimum atomic E-state index is -0.109. The van der Waals surface area contributed by atoms with E-state index in [-0.39, 0.29) is 23.9 Å². The lowest BCUT2D eigenvalue weighted by molar-refractivity contribution is -0.119. The second kappa shape index (κ2) is 10.3. The average molecular weight is 337 g/mol. The third-order valence-corrected chi connectivity index (χ3v) is 4.14. The number of amides is 2. The summed E-state index contributed by atoms with van der Waals surface area (Å²) < 4.78 is 0. The molecule has 2 amide bonds. The zero-order valence-corrected chi connectivity index (χ0v) is 15.1. The molecule has 0 aliphatic heterocycles. The van der Waals surface area contributed by atoms with Crippen LogP contribution in [0.15, 0.2) is 29.2 Å². The number of carbonyl (C=O) groups is 2. The predicted octanol–water partition coefficient (Wildman–Crippen LogP) is 2.03. The average Bonchev–Trinajstić information content (AvgIpc) is 2.50. The highest BCUT2D eigenvalue weighted by molar-refractivity contribution is 8.00. The first-order chi connectivity index (χ1) is 10.9. The van der Waals surface area contributed by atoms with Crippen LogP contribution in [0.5, 0.6) is 0 Å². The number of thioether (sulfide) groups is 1. The zero-order chi connectivity index (χ0) is 17.2. The van der Waals surface area contributed by atoms with Gasteiger partial charge >= 0.3 is 0 Å². The lowest BCUT2D eigenvalue weighted by atomic mass is 10.2. The van der Waals surface area contributed by atoms with Crippen LogP contribution in [0, 0.1) is 0 Å². The van der Waals surface area contributed by atoms with Gasteiger partial charge in [-0.15, -0.1) is 11.8 Å². The number of hydrogen-bond acceptors (Lipinski definition) is 4. The second-order valence-corrected chi connectivity index (χ2v) is 6.69. The van der Waals surface area contributed by atoms with Gasteiger partial charge in [0.25, 0.3) is 5.91 Å². The van der Waals surface area contributed by atoms with Gasteiger partial charge in [-0.3, -0.25) is 9.59 Å². The van der Waals surface area contributed by atoms with Gasteiger partial charge in [-0.05, 0) is 39.4 Å². The molecule has 0 spiro atoms. The van der Waals surface area contributed by atoms with Gasteiger partial charge in [0.2, 0.25) is 5.91 Å². The Morgan fingerprint density at radius 1 is 1.17 bits per heavy atom. The minimum Gasteiger partial charge on any atom is -0.353 e. The maximum atomic E-state index is 12.3. The predicted molar refractivity (Wildman–Crippen MR) is 95.9 cm³/mol. The van der Waals surface area contributed by atoms with Crippen molar-refractivity contribution in [2.45, 2.75) is 44.7 Å². The van der Waals surface area contributed by atoms with Crippen molar-refractivity contribution in [1.29, 1.82) is 0 Å². The van der Waals surface area contributed by atoms with E-state index in [2.05, 4.69) is 16.0 Å². The Bertz CT molecular complexity index is 520. The fourth-order valence-corrected chi connectivity index (χ4v) is 2.91. The van der Waals surface area contributed by atoms with Gasteiger partial charge in [0.1, 0.15) is 0 Å². The topological polar surface area (TPSA) is 70.2 Å². The highest BCUT2D eigenvalue weighted by Gasteiger charge is 2.13. The van der Waals surface area contributed by atoms with Crippen molar-refractivity contribution in [2.75, 3.05) is 18.8 Å². The Morgan fingerprint density at radius 2 is 1.87 bits per heavy atom. The Balaban J connectivity index is 2.62. The third kappa shape index (κ3) is 7.52. The molecule has 0 aliphatic rings. The van der Waals surface area contributed by atoms with E-state index in [1.807, 2.05) is 45.9 Å². The zero-order valence-electron chi connectivity index (χ0n) is 14.3. The van der Waals surface area contributed by atoms with Crippen molar-refractivity contribution >= 4 is 23.6 Å². The number of likely N-dealkylation sites (N-methyl/N-ethyl adjacent to an activating group) is 1. The van der Waals surface area contributed by atoms with Gasteiger partial charge in [0, 0.05) is 23.5 Å². The molecule has 0 fully saturated rings. The monoisotopic (exact) mass is 337 g/mol. The van der Waals surface area contributed by atoms with E-state index in [0.29, 0.717) is 17.9 Å². The molecule has 0 unspecified atom stereocenters. The highest BCUT2D eigenvalue weighted by Crippen LogP contribution is 2.22. The van der Waals surface area contributed by atoms with Gasteiger partial charge in [0.15, 0.2) is 0 Å². The molecule has 0 radical (unpaired) electrons. The van der Waals surface area contributed by atoms with Gasteiger partial charge < -0.3 is 16.0 Å². The summed E-state index contributed by atoms with van der Waals surface area (Å²) >= 11 is 1.38. The first-order valence-electron chi connectivity index (χ1n) is 7.96. The maximum Gasteiger partial charge on any atom is 0.252 e. The maximum absolute atomic E-state index is 12.3. The van der Waals surface area contributed by atoms with E-state index in [0.717, 1.165) is 11.4 Å². The Morgan fingerprint density at radius 3 is 2.52 bits per heavy atom. The van der Waals surface area contributed by atoms with Crippen LogP contribution in [-0.2, 0) is 4.79 Å². The van der Waals surface area contributed by atoms with Crippen LogP contribution in [0.1, 0.15) is 38.1 Å². The molecule has 1 atom stereocenters. The van der Waals surface area contributed by atoms with E-state index in [9.17, 15) is 9.59 Å². The molecule has 5 nitrogen and oxygen atoms in total. The number of benzene rings is 1. The number of rotatable bonds is 9. The van der Waals surface area contributed by atoms with E-state index in [1.54, 1.807) is 6.07 Å². The highest BCUT2D eigenvalue weighted by atomic mass is 32.2. The molecule has 0 heterocycles. The lowest BCUT2D eigenvalue weighted by Crippen LogP contribution is -2.39. The fourth-order valence-electron chi connectivity index (χ4n) is 2.05. The van der Waals surface area contributed by atoms with Crippen molar-refractivity contribution in [3.8, 4) is 0 Å². The van der Waals surface area contributed by atoms with E-state index < -0.39 is 0 Å². The van der Waals surface area contributed by atoms with Crippen molar-refractivity contribution in [3.05, 3.63) is 29.8 Å². The van der Waals surface area contributed by atoms with E-state index in [4.69, 9.17) is 0 Å². The molecule has 0 saturated carbocycles. The van der Waals surface area contributed by atoms with Crippen LogP contribution in [0.2, 0.25) is 0 Å². The Kier molecular flexibility index (Phi) is 8.73.